The molecule has 1 saturated carbocycles. The summed E-state index contributed by atoms with van der Waals surface area (Å²) in [5.41, 5.74) is -0.736. The van der Waals surface area contributed by atoms with Crippen molar-refractivity contribution < 1.29 is 14.5 Å². The standard InChI is InChI=1S/C18H24BrN3O4/c1-18(2,21-14-9-12(19)5-6-15(14)22(24)25)17(23)20-13-7-8-26-16(10-13)11-3-4-11/h5-6,9,11,13,16,21H,3-4,7-8,10H2,1-2H3,(H,20,23). The third-order valence-electron chi connectivity index (χ3n) is 4.97. The third-order valence-corrected chi connectivity index (χ3v) is 5.46. The molecule has 1 amide bonds. The van der Waals surface area contributed by atoms with Crippen LogP contribution >= 0.6 is 15.9 Å². The van der Waals surface area contributed by atoms with E-state index in [9.17, 15) is 14.9 Å². The van der Waals surface area contributed by atoms with Crippen LogP contribution in [0.1, 0.15) is 39.5 Å². The minimum Gasteiger partial charge on any atom is -0.378 e. The Kier molecular flexibility index (Phi) is 5.53. The summed E-state index contributed by atoms with van der Waals surface area (Å²) in [6.45, 7) is 4.12. The normalized spacial score (nSPS) is 23.3. The van der Waals surface area contributed by atoms with E-state index in [4.69, 9.17) is 4.74 Å². The van der Waals surface area contributed by atoms with Gasteiger partial charge in [-0.05, 0) is 57.6 Å². The van der Waals surface area contributed by atoms with Crippen molar-refractivity contribution in [1.29, 1.82) is 0 Å². The molecule has 3 rings (SSSR count). The molecule has 1 aliphatic heterocycles. The average molecular weight is 426 g/mol. The Balaban J connectivity index is 1.66. The molecule has 0 radical (unpaired) electrons. The highest BCUT2D eigenvalue weighted by atomic mass is 79.9. The van der Waals surface area contributed by atoms with Crippen LogP contribution < -0.4 is 10.6 Å². The smallest absolute Gasteiger partial charge is 0.292 e. The first-order chi connectivity index (χ1) is 12.3. The number of benzene rings is 1. The van der Waals surface area contributed by atoms with Crippen molar-refractivity contribution in [3.8, 4) is 0 Å². The number of nitrogens with one attached hydrogen (secondary N) is 2. The van der Waals surface area contributed by atoms with Crippen LogP contribution in [0.4, 0.5) is 11.4 Å². The van der Waals surface area contributed by atoms with Gasteiger partial charge < -0.3 is 15.4 Å². The van der Waals surface area contributed by atoms with Crippen molar-refractivity contribution >= 4 is 33.2 Å². The Morgan fingerprint density at radius 1 is 1.35 bits per heavy atom. The number of hydrogen-bond donors (Lipinski definition) is 2. The number of ether oxygens (including phenoxy) is 1. The lowest BCUT2D eigenvalue weighted by molar-refractivity contribution is -0.384. The molecule has 0 spiro atoms. The SMILES string of the molecule is CC(C)(Nc1cc(Br)ccc1[N+](=O)[O-])C(=O)NC1CCOC(C2CC2)C1. The number of carbonyl (C=O) groups is 1. The molecule has 142 valence electrons. The number of hydrogen-bond acceptors (Lipinski definition) is 5. The molecule has 8 heteroatoms. The van der Waals surface area contributed by atoms with Gasteiger partial charge in [-0.1, -0.05) is 15.9 Å². The Bertz CT molecular complexity index is 706. The molecule has 2 fully saturated rings. The summed E-state index contributed by atoms with van der Waals surface area (Å²) < 4.78 is 6.51. The van der Waals surface area contributed by atoms with Crippen molar-refractivity contribution in [2.75, 3.05) is 11.9 Å². The fourth-order valence-electron chi connectivity index (χ4n) is 3.28. The minimum absolute atomic E-state index is 0.0612. The minimum atomic E-state index is -0.987. The van der Waals surface area contributed by atoms with E-state index in [2.05, 4.69) is 26.6 Å². The summed E-state index contributed by atoms with van der Waals surface area (Å²) >= 11 is 3.32. The molecule has 0 bridgehead atoms. The van der Waals surface area contributed by atoms with E-state index in [0.717, 1.165) is 12.8 Å². The number of nitro benzene ring substituents is 1. The van der Waals surface area contributed by atoms with Crippen molar-refractivity contribution in [3.63, 3.8) is 0 Å². The molecule has 26 heavy (non-hydrogen) atoms. The van der Waals surface area contributed by atoms with E-state index in [1.807, 2.05) is 0 Å². The van der Waals surface area contributed by atoms with E-state index in [-0.39, 0.29) is 23.7 Å². The van der Waals surface area contributed by atoms with Gasteiger partial charge in [0.1, 0.15) is 11.2 Å². The van der Waals surface area contributed by atoms with Gasteiger partial charge in [-0.15, -0.1) is 0 Å². The molecular formula is C18H24BrN3O4. The Hall–Kier alpha value is -1.67. The predicted molar refractivity (Wildman–Crippen MR) is 102 cm³/mol. The summed E-state index contributed by atoms with van der Waals surface area (Å²) in [4.78, 5) is 23.6. The maximum atomic E-state index is 12.8. The van der Waals surface area contributed by atoms with Crippen LogP contribution in [0.15, 0.2) is 22.7 Å². The molecule has 1 saturated heterocycles. The second kappa shape index (κ2) is 7.52. The van der Waals surface area contributed by atoms with Gasteiger partial charge in [0, 0.05) is 23.2 Å². The first-order valence-corrected chi connectivity index (χ1v) is 9.70. The second-order valence-electron chi connectivity index (χ2n) is 7.61. The van der Waals surface area contributed by atoms with Gasteiger partial charge in [0.25, 0.3) is 5.69 Å². The number of anilines is 1. The number of rotatable bonds is 6. The third kappa shape index (κ3) is 4.54. The lowest BCUT2D eigenvalue weighted by Gasteiger charge is -2.33. The van der Waals surface area contributed by atoms with Crippen molar-refractivity contribution in [1.82, 2.24) is 5.32 Å². The number of nitrogens with zero attached hydrogens (tertiary/aromatic N) is 1. The summed E-state index contributed by atoms with van der Waals surface area (Å²) in [7, 11) is 0. The predicted octanol–water partition coefficient (Wildman–Crippen LogP) is 3.62. The van der Waals surface area contributed by atoms with Crippen LogP contribution in [0.5, 0.6) is 0 Å². The Labute approximate surface area is 161 Å². The lowest BCUT2D eigenvalue weighted by Crippen LogP contribution is -2.53. The van der Waals surface area contributed by atoms with Gasteiger partial charge in [0.2, 0.25) is 5.91 Å². The van der Waals surface area contributed by atoms with Crippen molar-refractivity contribution in [2.45, 2.75) is 57.2 Å². The summed E-state index contributed by atoms with van der Waals surface area (Å²) in [6.07, 6.45) is 4.30. The van der Waals surface area contributed by atoms with Crippen LogP contribution in [0.3, 0.4) is 0 Å². The van der Waals surface area contributed by atoms with Gasteiger partial charge in [0.15, 0.2) is 0 Å². The monoisotopic (exact) mass is 425 g/mol. The molecule has 1 aliphatic carbocycles. The molecule has 1 aromatic rings. The second-order valence-corrected chi connectivity index (χ2v) is 8.53. The molecule has 2 aliphatic rings. The van der Waals surface area contributed by atoms with Crippen LogP contribution in [0, 0.1) is 16.0 Å². The quantitative estimate of drug-likeness (QED) is 0.536. The van der Waals surface area contributed by atoms with Crippen molar-refractivity contribution in [3.05, 3.63) is 32.8 Å². The zero-order chi connectivity index (χ0) is 18.9. The van der Waals surface area contributed by atoms with Crippen LogP contribution in [-0.2, 0) is 9.53 Å². The maximum absolute atomic E-state index is 12.8. The average Bonchev–Trinajstić information content (AvgIpc) is 3.39. The fourth-order valence-corrected chi connectivity index (χ4v) is 3.64. The summed E-state index contributed by atoms with van der Waals surface area (Å²) in [5.74, 6) is 0.471. The molecule has 1 heterocycles. The van der Waals surface area contributed by atoms with E-state index in [1.54, 1.807) is 26.0 Å². The van der Waals surface area contributed by atoms with E-state index >= 15 is 0 Å². The van der Waals surface area contributed by atoms with Gasteiger partial charge in [-0.2, -0.15) is 0 Å². The van der Waals surface area contributed by atoms with Crippen LogP contribution in [0.25, 0.3) is 0 Å². The van der Waals surface area contributed by atoms with Crippen molar-refractivity contribution in [2.24, 2.45) is 5.92 Å². The maximum Gasteiger partial charge on any atom is 0.292 e. The van der Waals surface area contributed by atoms with Gasteiger partial charge >= 0.3 is 0 Å². The van der Waals surface area contributed by atoms with Gasteiger partial charge in [-0.25, -0.2) is 0 Å². The topological polar surface area (TPSA) is 93.5 Å². The summed E-state index contributed by atoms with van der Waals surface area (Å²) in [5, 5.41) is 17.4. The molecule has 2 atom stereocenters. The molecule has 2 unspecified atom stereocenters. The van der Waals surface area contributed by atoms with Crippen LogP contribution in [-0.4, -0.2) is 35.1 Å². The zero-order valence-corrected chi connectivity index (χ0v) is 16.5. The number of nitro groups is 1. The molecule has 7 nitrogen and oxygen atoms in total. The number of carbonyl (C=O) groups excluding carboxylic acids is 1. The highest BCUT2D eigenvalue weighted by Gasteiger charge is 2.38. The Morgan fingerprint density at radius 3 is 2.73 bits per heavy atom. The van der Waals surface area contributed by atoms with E-state index in [0.29, 0.717) is 22.7 Å². The highest BCUT2D eigenvalue weighted by Crippen LogP contribution is 2.38. The number of amides is 1. The molecule has 1 aromatic carbocycles. The first-order valence-electron chi connectivity index (χ1n) is 8.91. The van der Waals surface area contributed by atoms with Gasteiger partial charge in [-0.3, -0.25) is 14.9 Å². The first kappa shape index (κ1) is 19.1. The van der Waals surface area contributed by atoms with Gasteiger partial charge in [0.05, 0.1) is 11.0 Å². The molecule has 2 N–H and O–H groups in total. The fraction of sp³-hybridized carbons (Fsp3) is 0.611. The molecular weight excluding hydrogens is 402 g/mol. The lowest BCUT2D eigenvalue weighted by atomic mass is 9.97. The molecule has 0 aromatic heterocycles. The van der Waals surface area contributed by atoms with E-state index < -0.39 is 10.5 Å². The van der Waals surface area contributed by atoms with Crippen LogP contribution in [0.2, 0.25) is 0 Å². The highest BCUT2D eigenvalue weighted by molar-refractivity contribution is 9.10. The Morgan fingerprint density at radius 2 is 2.08 bits per heavy atom. The largest absolute Gasteiger partial charge is 0.378 e. The number of halogens is 1. The zero-order valence-electron chi connectivity index (χ0n) is 15.0. The summed E-state index contributed by atoms with van der Waals surface area (Å²) in [6, 6.07) is 4.72. The van der Waals surface area contributed by atoms with E-state index in [1.165, 1.54) is 18.9 Å².